The third kappa shape index (κ3) is 5.63. The highest BCUT2D eigenvalue weighted by molar-refractivity contribution is 7.16. The van der Waals surface area contributed by atoms with Gasteiger partial charge in [0.2, 0.25) is 16.5 Å². The first-order chi connectivity index (χ1) is 9.06. The van der Waals surface area contributed by atoms with Crippen molar-refractivity contribution in [3.8, 4) is 0 Å². The van der Waals surface area contributed by atoms with Crippen LogP contribution in [-0.2, 0) is 4.57 Å². The average molecular weight is 340 g/mol. The van der Waals surface area contributed by atoms with Crippen LogP contribution >= 0.6 is 43.5 Å². The van der Waals surface area contributed by atoms with Crippen LogP contribution in [0.4, 0.5) is 11.6 Å². The smallest absolute Gasteiger partial charge is 0.323 e. The first-order valence-corrected chi connectivity index (χ1v) is 6.52. The van der Waals surface area contributed by atoms with Gasteiger partial charge in [0.05, 0.1) is 10.7 Å². The summed E-state index contributed by atoms with van der Waals surface area (Å²) in [7, 11) is -0.833. The van der Waals surface area contributed by atoms with Crippen molar-refractivity contribution in [2.24, 2.45) is 0 Å². The first kappa shape index (κ1) is 16.0. The summed E-state index contributed by atoms with van der Waals surface area (Å²) in [6, 6.07) is 7.18. The van der Waals surface area contributed by atoms with Gasteiger partial charge in [-0.1, -0.05) is 23.7 Å². The van der Waals surface area contributed by atoms with Crippen molar-refractivity contribution < 1.29 is 9.46 Å². The Morgan fingerprint density at radius 2 is 1.58 bits per heavy atom. The summed E-state index contributed by atoms with van der Waals surface area (Å²) in [4.78, 5) is 18.3. The van der Waals surface area contributed by atoms with E-state index in [0.717, 1.165) is 0 Å². The molecule has 19 heavy (non-hydrogen) atoms. The summed E-state index contributed by atoms with van der Waals surface area (Å²) in [6.45, 7) is 0. The van der Waals surface area contributed by atoms with E-state index in [9.17, 15) is 0 Å². The molecule has 1 heterocycles. The number of benzene rings is 1. The lowest BCUT2D eigenvalue weighted by Crippen LogP contribution is -1.99. The van der Waals surface area contributed by atoms with Crippen LogP contribution in [0.25, 0.3) is 0 Å². The van der Waals surface area contributed by atoms with Gasteiger partial charge in [0.15, 0.2) is 0 Å². The Kier molecular flexibility index (Phi) is 6.91. The molecule has 0 radical (unpaired) electrons. The van der Waals surface area contributed by atoms with Crippen molar-refractivity contribution >= 4 is 55.1 Å². The lowest BCUT2D eigenvalue weighted by Gasteiger charge is -2.06. The molecule has 10 heteroatoms. The van der Waals surface area contributed by atoms with E-state index in [1.807, 2.05) is 12.1 Å². The van der Waals surface area contributed by atoms with Crippen molar-refractivity contribution in [2.75, 3.05) is 5.32 Å². The van der Waals surface area contributed by atoms with Gasteiger partial charge in [0.25, 0.3) is 0 Å². The third-order valence-corrected chi connectivity index (χ3v) is 2.37. The number of nitrogens with one attached hydrogen (secondary N) is 1. The lowest BCUT2D eigenvalue weighted by molar-refractivity contribution is 0.524. The Labute approximate surface area is 125 Å². The fraction of sp³-hybridized carbons (Fsp3) is 0. The zero-order valence-electron chi connectivity index (χ0n) is 9.09. The molecule has 0 aliphatic carbocycles. The SMILES string of the molecule is Clc1nc(Cl)nc(Nc2ccccc2Cl)n1.O=PO. The number of aromatic nitrogens is 3. The molecule has 0 aliphatic rings. The molecule has 2 aromatic rings. The summed E-state index contributed by atoms with van der Waals surface area (Å²) in [5, 5.41) is 3.49. The molecule has 2 N–H and O–H groups in total. The molecule has 1 aromatic carbocycles. The van der Waals surface area contributed by atoms with E-state index in [4.69, 9.17) is 44.3 Å². The van der Waals surface area contributed by atoms with Crippen LogP contribution in [-0.4, -0.2) is 19.8 Å². The first-order valence-electron chi connectivity index (χ1n) is 4.62. The molecule has 0 spiro atoms. The number of para-hydroxylation sites is 1. The minimum Gasteiger partial charge on any atom is -0.323 e. The molecule has 0 bridgehead atoms. The maximum absolute atomic E-state index is 8.46. The second-order valence-electron chi connectivity index (χ2n) is 2.88. The molecule has 0 aliphatic heterocycles. The van der Waals surface area contributed by atoms with Gasteiger partial charge in [-0.2, -0.15) is 15.0 Å². The molecule has 0 saturated carbocycles. The third-order valence-electron chi connectivity index (χ3n) is 1.70. The average Bonchev–Trinajstić information content (AvgIpc) is 2.32. The van der Waals surface area contributed by atoms with Crippen LogP contribution in [0, 0.1) is 0 Å². The number of halogens is 3. The fourth-order valence-electron chi connectivity index (χ4n) is 1.06. The van der Waals surface area contributed by atoms with Gasteiger partial charge in [0, 0.05) is 0 Å². The molecule has 2 rings (SSSR count). The number of hydrogen-bond donors (Lipinski definition) is 2. The highest BCUT2D eigenvalue weighted by Crippen LogP contribution is 2.23. The van der Waals surface area contributed by atoms with E-state index < -0.39 is 8.69 Å². The summed E-state index contributed by atoms with van der Waals surface area (Å²) < 4.78 is 8.46. The Morgan fingerprint density at radius 1 is 1.05 bits per heavy atom. The largest absolute Gasteiger partial charge is 0.324 e. The van der Waals surface area contributed by atoms with Crippen LogP contribution in [0.15, 0.2) is 24.3 Å². The molecule has 6 nitrogen and oxygen atoms in total. The van der Waals surface area contributed by atoms with E-state index >= 15 is 0 Å². The van der Waals surface area contributed by atoms with Gasteiger partial charge < -0.3 is 10.2 Å². The maximum atomic E-state index is 8.46. The summed E-state index contributed by atoms with van der Waals surface area (Å²) in [5.74, 6) is 0.248. The maximum Gasteiger partial charge on any atom is 0.324 e. The normalized spacial score (nSPS) is 9.68. The van der Waals surface area contributed by atoms with Gasteiger partial charge in [-0.15, -0.1) is 0 Å². The predicted molar refractivity (Wildman–Crippen MR) is 74.4 cm³/mol. The number of rotatable bonds is 2. The molecule has 0 fully saturated rings. The molecular weight excluding hydrogens is 333 g/mol. The minimum absolute atomic E-state index is 0.0227. The van der Waals surface area contributed by atoms with Crippen LogP contribution in [0.2, 0.25) is 15.6 Å². The van der Waals surface area contributed by atoms with Crippen LogP contribution in [0.5, 0.6) is 0 Å². The van der Waals surface area contributed by atoms with E-state index in [1.54, 1.807) is 12.1 Å². The second-order valence-corrected chi connectivity index (χ2v) is 4.13. The Balaban J connectivity index is 0.000000550. The van der Waals surface area contributed by atoms with Crippen molar-refractivity contribution in [3.05, 3.63) is 39.9 Å². The second kappa shape index (κ2) is 8.19. The van der Waals surface area contributed by atoms with Crippen molar-refractivity contribution in [1.82, 2.24) is 15.0 Å². The predicted octanol–water partition coefficient (Wildman–Crippen LogP) is 3.76. The van der Waals surface area contributed by atoms with Crippen LogP contribution < -0.4 is 5.32 Å². The summed E-state index contributed by atoms with van der Waals surface area (Å²) >= 11 is 17.2. The van der Waals surface area contributed by atoms with E-state index in [2.05, 4.69) is 20.3 Å². The molecule has 0 saturated heterocycles. The summed E-state index contributed by atoms with van der Waals surface area (Å²) in [5.41, 5.74) is 0.669. The van der Waals surface area contributed by atoms with Gasteiger partial charge in [-0.3, -0.25) is 0 Å². The number of hydrogen-bond acceptors (Lipinski definition) is 5. The van der Waals surface area contributed by atoms with E-state index in [0.29, 0.717) is 10.7 Å². The molecule has 1 aromatic heterocycles. The number of nitrogens with zero attached hydrogens (tertiary/aromatic N) is 3. The number of anilines is 2. The van der Waals surface area contributed by atoms with Gasteiger partial charge in [-0.05, 0) is 35.3 Å². The highest BCUT2D eigenvalue weighted by Gasteiger charge is 2.05. The van der Waals surface area contributed by atoms with Crippen molar-refractivity contribution in [3.63, 3.8) is 0 Å². The van der Waals surface area contributed by atoms with Crippen molar-refractivity contribution in [1.29, 1.82) is 0 Å². The minimum atomic E-state index is -0.833. The molecule has 0 atom stereocenters. The summed E-state index contributed by atoms with van der Waals surface area (Å²) in [6.07, 6.45) is 0. The zero-order chi connectivity index (χ0) is 14.3. The lowest BCUT2D eigenvalue weighted by atomic mass is 10.3. The molecule has 100 valence electrons. The Hall–Kier alpha value is -1.04. The standard InChI is InChI=1S/C9H5Cl3N4.HO2P/c10-5-3-1-2-4-6(5)13-9-15-7(11)14-8(12)16-9;1-3-2/h1-4H,(H,13,14,15,16);(H,1,2). The fourth-order valence-corrected chi connectivity index (χ4v) is 1.61. The zero-order valence-corrected chi connectivity index (χ0v) is 12.2. The van der Waals surface area contributed by atoms with E-state index in [-0.39, 0.29) is 16.5 Å². The molecule has 0 amide bonds. The van der Waals surface area contributed by atoms with Crippen LogP contribution in [0.1, 0.15) is 0 Å². The quantitative estimate of drug-likeness (QED) is 0.810. The Morgan fingerprint density at radius 3 is 2.11 bits per heavy atom. The van der Waals surface area contributed by atoms with E-state index in [1.165, 1.54) is 0 Å². The van der Waals surface area contributed by atoms with Gasteiger partial charge >= 0.3 is 8.69 Å². The molecular formula is C9H6Cl3N4O2P. The monoisotopic (exact) mass is 338 g/mol. The van der Waals surface area contributed by atoms with Gasteiger partial charge in [-0.25, -0.2) is 4.57 Å². The highest BCUT2D eigenvalue weighted by atomic mass is 35.5. The van der Waals surface area contributed by atoms with Gasteiger partial charge in [0.1, 0.15) is 0 Å². The Bertz CT molecular complexity index is 553. The topological polar surface area (TPSA) is 88.0 Å². The molecule has 0 unspecified atom stereocenters. The van der Waals surface area contributed by atoms with Crippen LogP contribution in [0.3, 0.4) is 0 Å². The van der Waals surface area contributed by atoms with Crippen molar-refractivity contribution in [2.45, 2.75) is 0 Å².